The van der Waals surface area contributed by atoms with Crippen LogP contribution in [0.15, 0.2) is 35.1 Å². The predicted octanol–water partition coefficient (Wildman–Crippen LogP) is 5.37. The fourth-order valence-corrected chi connectivity index (χ4v) is 4.90. The van der Waals surface area contributed by atoms with Crippen LogP contribution in [0.25, 0.3) is 16.6 Å². The number of anilines is 2. The van der Waals surface area contributed by atoms with Gasteiger partial charge in [-0.2, -0.15) is 0 Å². The van der Waals surface area contributed by atoms with E-state index >= 15 is 0 Å². The molecule has 9 heteroatoms. The minimum absolute atomic E-state index is 0.347. The maximum atomic E-state index is 6.48. The Morgan fingerprint density at radius 2 is 2.06 bits per heavy atom. The molecule has 1 fully saturated rings. The van der Waals surface area contributed by atoms with Crippen LogP contribution in [0.4, 0.5) is 10.9 Å². The topological polar surface area (TPSA) is 105 Å². The largest absolute Gasteiger partial charge is 0.401 e. The molecule has 0 atom stereocenters. The molecule has 1 aliphatic heterocycles. The van der Waals surface area contributed by atoms with Gasteiger partial charge in [-0.15, -0.1) is 10.2 Å². The number of pyridine rings is 2. The first-order chi connectivity index (χ1) is 17.0. The van der Waals surface area contributed by atoms with Crippen LogP contribution in [-0.4, -0.2) is 57.5 Å². The Morgan fingerprint density at radius 1 is 1.23 bits per heavy atom. The second-order valence-corrected chi connectivity index (χ2v) is 10.3. The van der Waals surface area contributed by atoms with Gasteiger partial charge in [0.25, 0.3) is 0 Å². The zero-order valence-electron chi connectivity index (χ0n) is 21.0. The summed E-state index contributed by atoms with van der Waals surface area (Å²) in [5.41, 5.74) is 10.8. The highest BCUT2D eigenvalue weighted by atomic mass is 32.1. The third-order valence-corrected chi connectivity index (χ3v) is 7.20. The van der Waals surface area contributed by atoms with Crippen LogP contribution in [0, 0.1) is 0 Å². The number of aliphatic imine (C=N–C) groups is 1. The van der Waals surface area contributed by atoms with E-state index in [9.17, 15) is 0 Å². The number of hydrogen-bond donors (Lipinski definition) is 2. The molecule has 35 heavy (non-hydrogen) atoms. The van der Waals surface area contributed by atoms with Crippen molar-refractivity contribution in [2.45, 2.75) is 58.8 Å². The quantitative estimate of drug-likeness (QED) is 0.274. The van der Waals surface area contributed by atoms with Gasteiger partial charge in [0.1, 0.15) is 10.8 Å². The molecule has 1 saturated heterocycles. The van der Waals surface area contributed by atoms with Crippen molar-refractivity contribution in [1.82, 2.24) is 25.1 Å². The Bertz CT molecular complexity index is 1180. The molecule has 0 aromatic carbocycles. The minimum atomic E-state index is 0.347. The number of nitrogens with zero attached hydrogens (tertiary/aromatic N) is 6. The number of likely N-dealkylation sites (tertiary alicyclic amines) is 1. The second-order valence-electron chi connectivity index (χ2n) is 9.31. The SMILES string of the molecule is CCCC(N)=C(C=NCCCN1CCCC1)c1cnc2ccc(Nc3nnc(C(C)C)s3)nc2c1. The molecule has 0 amide bonds. The standard InChI is InChI=1S/C26H36N8S/c1-4-8-21(27)20(17-28-11-7-14-34-12-5-6-13-34)19-15-23-22(29-16-19)9-10-24(30-23)31-26-33-32-25(35-26)18(2)3/h9-10,15-18H,4-8,11-14,27H2,1-3H3,(H,30,31,33). The molecule has 0 bridgehead atoms. The Labute approximate surface area is 211 Å². The van der Waals surface area contributed by atoms with Gasteiger partial charge in [0.05, 0.1) is 11.0 Å². The number of rotatable bonds is 11. The maximum Gasteiger partial charge on any atom is 0.211 e. The van der Waals surface area contributed by atoms with E-state index in [2.05, 4.69) is 46.2 Å². The Kier molecular flexibility index (Phi) is 8.76. The summed E-state index contributed by atoms with van der Waals surface area (Å²) in [5.74, 6) is 1.06. The molecule has 1 aliphatic rings. The van der Waals surface area contributed by atoms with E-state index in [0.29, 0.717) is 11.7 Å². The molecule has 0 spiro atoms. The van der Waals surface area contributed by atoms with Gasteiger partial charge in [0, 0.05) is 41.7 Å². The highest BCUT2D eigenvalue weighted by molar-refractivity contribution is 7.15. The number of hydrogen-bond acceptors (Lipinski definition) is 9. The zero-order chi connectivity index (χ0) is 24.6. The van der Waals surface area contributed by atoms with Crippen LogP contribution in [0.1, 0.15) is 69.4 Å². The van der Waals surface area contributed by atoms with E-state index in [0.717, 1.165) is 70.4 Å². The molecule has 3 N–H and O–H groups in total. The zero-order valence-corrected chi connectivity index (χ0v) is 21.8. The first-order valence-electron chi connectivity index (χ1n) is 12.6. The van der Waals surface area contributed by atoms with Gasteiger partial charge >= 0.3 is 0 Å². The molecule has 0 radical (unpaired) electrons. The van der Waals surface area contributed by atoms with Gasteiger partial charge in [-0.25, -0.2) is 4.98 Å². The third kappa shape index (κ3) is 6.82. The number of nitrogens with two attached hydrogens (primary N) is 1. The summed E-state index contributed by atoms with van der Waals surface area (Å²) in [6, 6.07) is 5.92. The van der Waals surface area contributed by atoms with Crippen molar-refractivity contribution < 1.29 is 0 Å². The molecule has 4 heterocycles. The number of fused-ring (bicyclic) bond motifs is 1. The van der Waals surface area contributed by atoms with E-state index < -0.39 is 0 Å². The lowest BCUT2D eigenvalue weighted by Gasteiger charge is -2.13. The number of allylic oxidation sites excluding steroid dienone is 2. The molecule has 3 aromatic heterocycles. The summed E-state index contributed by atoms with van der Waals surface area (Å²) in [6.07, 6.45) is 9.30. The molecule has 186 valence electrons. The summed E-state index contributed by atoms with van der Waals surface area (Å²) < 4.78 is 0. The fraction of sp³-hybridized carbons (Fsp3) is 0.500. The predicted molar refractivity (Wildman–Crippen MR) is 146 cm³/mol. The molecule has 0 saturated carbocycles. The van der Waals surface area contributed by atoms with Crippen LogP contribution < -0.4 is 11.1 Å². The second kappa shape index (κ2) is 12.2. The van der Waals surface area contributed by atoms with Crippen LogP contribution in [0.5, 0.6) is 0 Å². The third-order valence-electron chi connectivity index (χ3n) is 6.06. The first-order valence-corrected chi connectivity index (χ1v) is 13.4. The lowest BCUT2D eigenvalue weighted by molar-refractivity contribution is 0.336. The Morgan fingerprint density at radius 3 is 2.80 bits per heavy atom. The fourth-order valence-electron chi connectivity index (χ4n) is 4.15. The number of aromatic nitrogens is 4. The van der Waals surface area contributed by atoms with Gasteiger partial charge < -0.3 is 16.0 Å². The lowest BCUT2D eigenvalue weighted by Crippen LogP contribution is -2.20. The Hall–Kier alpha value is -2.91. The van der Waals surface area contributed by atoms with E-state index in [1.165, 1.54) is 25.9 Å². The average molecular weight is 493 g/mol. The highest BCUT2D eigenvalue weighted by Gasteiger charge is 2.12. The summed E-state index contributed by atoms with van der Waals surface area (Å²) in [4.78, 5) is 16.7. The Balaban J connectivity index is 1.51. The van der Waals surface area contributed by atoms with Crippen molar-refractivity contribution in [2.75, 3.05) is 31.5 Å². The highest BCUT2D eigenvalue weighted by Crippen LogP contribution is 2.26. The van der Waals surface area contributed by atoms with Gasteiger partial charge in [-0.05, 0) is 63.5 Å². The van der Waals surface area contributed by atoms with E-state index in [-0.39, 0.29) is 0 Å². The van der Waals surface area contributed by atoms with Gasteiger partial charge in [0.15, 0.2) is 0 Å². The molecule has 0 unspecified atom stereocenters. The average Bonchev–Trinajstić information content (AvgIpc) is 3.53. The molecular weight excluding hydrogens is 456 g/mol. The molecule has 4 rings (SSSR count). The van der Waals surface area contributed by atoms with Crippen LogP contribution >= 0.6 is 11.3 Å². The minimum Gasteiger partial charge on any atom is -0.401 e. The van der Waals surface area contributed by atoms with E-state index in [1.54, 1.807) is 11.3 Å². The summed E-state index contributed by atoms with van der Waals surface area (Å²) >= 11 is 1.55. The van der Waals surface area contributed by atoms with Gasteiger partial charge in [-0.1, -0.05) is 38.5 Å². The summed E-state index contributed by atoms with van der Waals surface area (Å²) in [7, 11) is 0. The van der Waals surface area contributed by atoms with Crippen molar-refractivity contribution in [3.63, 3.8) is 0 Å². The molecule has 3 aromatic rings. The van der Waals surface area contributed by atoms with Gasteiger partial charge in [0.2, 0.25) is 5.13 Å². The van der Waals surface area contributed by atoms with E-state index in [1.807, 2.05) is 30.6 Å². The van der Waals surface area contributed by atoms with Crippen molar-refractivity contribution in [3.8, 4) is 0 Å². The summed E-state index contributed by atoms with van der Waals surface area (Å²) in [6.45, 7) is 10.7. The maximum absolute atomic E-state index is 6.48. The monoisotopic (exact) mass is 492 g/mol. The molecular formula is C26H36N8S. The smallest absolute Gasteiger partial charge is 0.211 e. The first kappa shape index (κ1) is 25.2. The van der Waals surface area contributed by atoms with Crippen LogP contribution in [-0.2, 0) is 0 Å². The van der Waals surface area contributed by atoms with Gasteiger partial charge in [-0.3, -0.25) is 9.98 Å². The van der Waals surface area contributed by atoms with Crippen LogP contribution in [0.2, 0.25) is 0 Å². The van der Waals surface area contributed by atoms with Crippen molar-refractivity contribution in [1.29, 1.82) is 0 Å². The van der Waals surface area contributed by atoms with E-state index in [4.69, 9.17) is 15.7 Å². The van der Waals surface area contributed by atoms with Crippen molar-refractivity contribution >= 4 is 45.1 Å². The lowest BCUT2D eigenvalue weighted by atomic mass is 10.0. The number of nitrogens with one attached hydrogen (secondary N) is 1. The summed E-state index contributed by atoms with van der Waals surface area (Å²) in [5, 5.41) is 13.5. The molecule has 0 aliphatic carbocycles. The van der Waals surface area contributed by atoms with Crippen molar-refractivity contribution in [2.24, 2.45) is 10.7 Å². The van der Waals surface area contributed by atoms with Crippen LogP contribution in [0.3, 0.4) is 0 Å². The van der Waals surface area contributed by atoms with Crippen molar-refractivity contribution in [3.05, 3.63) is 40.7 Å². The molecule has 8 nitrogen and oxygen atoms in total. The normalized spacial score (nSPS) is 15.4.